The first-order valence-electron chi connectivity index (χ1n) is 10.5. The minimum Gasteiger partial charge on any atom is -0.343 e. The second kappa shape index (κ2) is 9.21. The molecule has 0 spiro atoms. The molecule has 2 heterocycles. The smallest absolute Gasteiger partial charge is 0.243 e. The van der Waals surface area contributed by atoms with Crippen LogP contribution in [0.25, 0.3) is 11.0 Å². The quantitative estimate of drug-likeness (QED) is 0.653. The van der Waals surface area contributed by atoms with E-state index in [0.717, 1.165) is 31.4 Å². The van der Waals surface area contributed by atoms with Crippen LogP contribution in [0.15, 0.2) is 23.1 Å². The van der Waals surface area contributed by atoms with Crippen molar-refractivity contribution in [1.29, 1.82) is 0 Å². The lowest BCUT2D eigenvalue weighted by molar-refractivity contribution is -0.132. The molecule has 1 aromatic carbocycles. The van der Waals surface area contributed by atoms with Gasteiger partial charge in [0, 0.05) is 39.1 Å². The van der Waals surface area contributed by atoms with Gasteiger partial charge < -0.3 is 4.90 Å². The largest absolute Gasteiger partial charge is 0.343 e. The Morgan fingerprint density at radius 1 is 1.21 bits per heavy atom. The average Bonchev–Trinajstić information content (AvgIpc) is 3.11. The summed E-state index contributed by atoms with van der Waals surface area (Å²) in [5.74, 6) is 0.907. The molecule has 2 aromatic rings. The number of aromatic nitrogens is 3. The van der Waals surface area contributed by atoms with Crippen LogP contribution in [0.1, 0.15) is 46.5 Å². The van der Waals surface area contributed by atoms with Crippen molar-refractivity contribution in [2.75, 3.05) is 26.2 Å². The van der Waals surface area contributed by atoms with Crippen LogP contribution in [0.2, 0.25) is 0 Å². The van der Waals surface area contributed by atoms with Gasteiger partial charge in [0.25, 0.3) is 0 Å². The van der Waals surface area contributed by atoms with Crippen LogP contribution in [-0.4, -0.2) is 64.7 Å². The fraction of sp³-hybridized carbons (Fsp3) is 0.650. The number of piperidine rings is 1. The molecule has 0 N–H and O–H groups in total. The van der Waals surface area contributed by atoms with E-state index >= 15 is 0 Å². The number of hydrogen-bond donors (Lipinski definition) is 0. The van der Waals surface area contributed by atoms with E-state index in [9.17, 15) is 13.2 Å². The number of likely N-dealkylation sites (tertiary alicyclic amines) is 1. The Hall–Kier alpha value is -2.00. The summed E-state index contributed by atoms with van der Waals surface area (Å²) in [6, 6.07) is 4.93. The first kappa shape index (κ1) is 21.7. The standard InChI is InChI=1S/C20H31N5O3S/c1-4-24(5-2)29(27,28)17-8-9-19-18(15-17)21-22-25(19)12-6-7-20(26)23-13-10-16(3)11-14-23/h8-9,15-16H,4-7,10-14H2,1-3H3. The van der Waals surface area contributed by atoms with Crippen LogP contribution in [0.3, 0.4) is 0 Å². The molecule has 0 saturated carbocycles. The number of hydrogen-bond acceptors (Lipinski definition) is 5. The van der Waals surface area contributed by atoms with Crippen molar-refractivity contribution in [3.8, 4) is 0 Å². The molecule has 8 nitrogen and oxygen atoms in total. The number of carbonyl (C=O) groups is 1. The van der Waals surface area contributed by atoms with Crippen molar-refractivity contribution in [2.24, 2.45) is 5.92 Å². The molecule has 1 aliphatic rings. The zero-order valence-corrected chi connectivity index (χ0v) is 18.4. The Morgan fingerprint density at radius 2 is 1.90 bits per heavy atom. The van der Waals surface area contributed by atoms with Gasteiger partial charge >= 0.3 is 0 Å². The van der Waals surface area contributed by atoms with Crippen molar-refractivity contribution < 1.29 is 13.2 Å². The summed E-state index contributed by atoms with van der Waals surface area (Å²) in [4.78, 5) is 14.6. The lowest BCUT2D eigenvalue weighted by atomic mass is 9.99. The van der Waals surface area contributed by atoms with E-state index in [2.05, 4.69) is 17.2 Å². The average molecular weight is 422 g/mol. The van der Waals surface area contributed by atoms with Crippen LogP contribution in [0.4, 0.5) is 0 Å². The van der Waals surface area contributed by atoms with Gasteiger partial charge in [-0.15, -0.1) is 5.10 Å². The third-order valence-corrected chi connectivity index (χ3v) is 7.77. The second-order valence-corrected chi connectivity index (χ2v) is 9.66. The number of nitrogens with zero attached hydrogens (tertiary/aromatic N) is 5. The second-order valence-electron chi connectivity index (χ2n) is 7.72. The summed E-state index contributed by atoms with van der Waals surface area (Å²) in [7, 11) is -3.52. The summed E-state index contributed by atoms with van der Waals surface area (Å²) in [6.45, 7) is 9.02. The number of amides is 1. The molecule has 0 unspecified atom stereocenters. The Balaban J connectivity index is 1.64. The predicted molar refractivity (Wildman–Crippen MR) is 112 cm³/mol. The molecule has 0 bridgehead atoms. The number of rotatable bonds is 8. The van der Waals surface area contributed by atoms with E-state index in [1.54, 1.807) is 22.9 Å². The van der Waals surface area contributed by atoms with Crippen LogP contribution in [0.5, 0.6) is 0 Å². The fourth-order valence-electron chi connectivity index (χ4n) is 3.79. The normalized spacial score (nSPS) is 16.1. The highest BCUT2D eigenvalue weighted by Gasteiger charge is 2.23. The molecular weight excluding hydrogens is 390 g/mol. The van der Waals surface area contributed by atoms with Gasteiger partial charge in [-0.1, -0.05) is 26.0 Å². The van der Waals surface area contributed by atoms with E-state index < -0.39 is 10.0 Å². The summed E-state index contributed by atoms with van der Waals surface area (Å²) in [6.07, 6.45) is 3.34. The summed E-state index contributed by atoms with van der Waals surface area (Å²) < 4.78 is 28.5. The third-order valence-electron chi connectivity index (χ3n) is 5.73. The van der Waals surface area contributed by atoms with Gasteiger partial charge in [-0.2, -0.15) is 4.31 Å². The lowest BCUT2D eigenvalue weighted by Crippen LogP contribution is -2.37. The Labute approximate surface area is 172 Å². The van der Waals surface area contributed by atoms with E-state index in [4.69, 9.17) is 0 Å². The molecule has 0 aliphatic carbocycles. The molecular formula is C20H31N5O3S. The number of carbonyl (C=O) groups excluding carboxylic acids is 1. The van der Waals surface area contributed by atoms with Gasteiger partial charge in [0.05, 0.1) is 10.4 Å². The van der Waals surface area contributed by atoms with E-state index in [-0.39, 0.29) is 10.8 Å². The third kappa shape index (κ3) is 4.78. The van der Waals surface area contributed by atoms with Gasteiger partial charge in [0.2, 0.25) is 15.9 Å². The minimum atomic E-state index is -3.52. The topological polar surface area (TPSA) is 88.4 Å². The molecule has 3 rings (SSSR count). The van der Waals surface area contributed by atoms with E-state index in [1.165, 1.54) is 4.31 Å². The van der Waals surface area contributed by atoms with E-state index in [0.29, 0.717) is 43.9 Å². The highest BCUT2D eigenvalue weighted by atomic mass is 32.2. The van der Waals surface area contributed by atoms with Crippen molar-refractivity contribution >= 4 is 27.0 Å². The van der Waals surface area contributed by atoms with Crippen LogP contribution in [-0.2, 0) is 21.4 Å². The molecule has 29 heavy (non-hydrogen) atoms. The van der Waals surface area contributed by atoms with Crippen LogP contribution < -0.4 is 0 Å². The first-order chi connectivity index (χ1) is 13.9. The molecule has 0 radical (unpaired) electrons. The highest BCUT2D eigenvalue weighted by Crippen LogP contribution is 2.21. The summed E-state index contributed by atoms with van der Waals surface area (Å²) >= 11 is 0. The molecule has 1 amide bonds. The fourth-order valence-corrected chi connectivity index (χ4v) is 5.26. The molecule has 1 aromatic heterocycles. The van der Waals surface area contributed by atoms with Gasteiger partial charge in [0.15, 0.2) is 0 Å². The molecule has 0 atom stereocenters. The van der Waals surface area contributed by atoms with Gasteiger partial charge in [-0.25, -0.2) is 13.1 Å². The number of aryl methyl sites for hydroxylation is 1. The highest BCUT2D eigenvalue weighted by molar-refractivity contribution is 7.89. The van der Waals surface area contributed by atoms with Gasteiger partial charge in [-0.05, 0) is 43.4 Å². The van der Waals surface area contributed by atoms with Gasteiger partial charge in [-0.3, -0.25) is 4.79 Å². The Bertz CT molecular complexity index is 944. The monoisotopic (exact) mass is 421 g/mol. The Morgan fingerprint density at radius 3 is 2.55 bits per heavy atom. The lowest BCUT2D eigenvalue weighted by Gasteiger charge is -2.30. The molecule has 9 heteroatoms. The number of fused-ring (bicyclic) bond motifs is 1. The number of benzene rings is 1. The maximum absolute atomic E-state index is 12.7. The molecule has 1 aliphatic heterocycles. The van der Waals surface area contributed by atoms with Crippen LogP contribution >= 0.6 is 0 Å². The zero-order chi connectivity index (χ0) is 21.0. The maximum atomic E-state index is 12.7. The predicted octanol–water partition coefficient (Wildman–Crippen LogP) is 2.50. The zero-order valence-electron chi connectivity index (χ0n) is 17.5. The Kier molecular flexibility index (Phi) is 6.89. The molecule has 1 fully saturated rings. The maximum Gasteiger partial charge on any atom is 0.243 e. The van der Waals surface area contributed by atoms with E-state index in [1.807, 2.05) is 18.7 Å². The first-order valence-corrected chi connectivity index (χ1v) is 11.9. The summed E-state index contributed by atoms with van der Waals surface area (Å²) in [5, 5.41) is 8.29. The van der Waals surface area contributed by atoms with Gasteiger partial charge in [0.1, 0.15) is 5.52 Å². The minimum absolute atomic E-state index is 0.203. The summed E-state index contributed by atoms with van der Waals surface area (Å²) in [5.41, 5.74) is 1.33. The van der Waals surface area contributed by atoms with Crippen molar-refractivity contribution in [3.63, 3.8) is 0 Å². The SMILES string of the molecule is CCN(CC)S(=O)(=O)c1ccc2c(c1)nnn2CCCC(=O)N1CCC(C)CC1. The molecule has 1 saturated heterocycles. The molecule has 160 valence electrons. The van der Waals surface area contributed by atoms with Crippen molar-refractivity contribution in [2.45, 2.75) is 57.9 Å². The van der Waals surface area contributed by atoms with Crippen LogP contribution in [0, 0.1) is 5.92 Å². The number of sulfonamides is 1. The van der Waals surface area contributed by atoms with Crippen molar-refractivity contribution in [3.05, 3.63) is 18.2 Å². The van der Waals surface area contributed by atoms with Crippen molar-refractivity contribution in [1.82, 2.24) is 24.2 Å².